The lowest BCUT2D eigenvalue weighted by Crippen LogP contribution is -2.14. The van der Waals surface area contributed by atoms with Gasteiger partial charge in [0, 0.05) is 11.6 Å². The third-order valence-electron chi connectivity index (χ3n) is 3.30. The molecular formula is C17H13BrFNO4. The number of halogens is 2. The van der Waals surface area contributed by atoms with Crippen LogP contribution in [0.15, 0.2) is 45.4 Å². The molecule has 0 saturated heterocycles. The molecule has 0 bridgehead atoms. The molecule has 3 aromatic rings. The van der Waals surface area contributed by atoms with E-state index in [0.29, 0.717) is 32.4 Å². The predicted molar refractivity (Wildman–Crippen MR) is 89.2 cm³/mol. The monoisotopic (exact) mass is 393 g/mol. The zero-order valence-electron chi connectivity index (χ0n) is 12.7. The van der Waals surface area contributed by atoms with Crippen LogP contribution >= 0.6 is 15.9 Å². The van der Waals surface area contributed by atoms with E-state index in [1.54, 1.807) is 37.3 Å². The van der Waals surface area contributed by atoms with Crippen LogP contribution in [-0.2, 0) is 9.53 Å². The first-order valence-electron chi connectivity index (χ1n) is 7.22. The van der Waals surface area contributed by atoms with Crippen LogP contribution in [0, 0.1) is 5.82 Å². The maximum atomic E-state index is 14.0. The molecule has 0 N–H and O–H groups in total. The molecule has 0 atom stereocenters. The first-order chi connectivity index (χ1) is 11.6. The van der Waals surface area contributed by atoms with Gasteiger partial charge in [0.2, 0.25) is 0 Å². The Kier molecular flexibility index (Phi) is 4.80. The summed E-state index contributed by atoms with van der Waals surface area (Å²) in [4.78, 5) is 11.4. The lowest BCUT2D eigenvalue weighted by Gasteiger charge is -2.07. The highest BCUT2D eigenvalue weighted by atomic mass is 79.9. The number of nitrogens with zero attached hydrogens (tertiary/aromatic N) is 1. The van der Waals surface area contributed by atoms with Gasteiger partial charge in [0.1, 0.15) is 17.3 Å². The Hall–Kier alpha value is -2.41. The van der Waals surface area contributed by atoms with Crippen molar-refractivity contribution in [1.29, 1.82) is 0 Å². The summed E-state index contributed by atoms with van der Waals surface area (Å²) < 4.78 is 30.1. The van der Waals surface area contributed by atoms with Gasteiger partial charge >= 0.3 is 5.97 Å². The molecule has 1 heterocycles. The Morgan fingerprint density at radius 3 is 2.88 bits per heavy atom. The number of benzene rings is 2. The van der Waals surface area contributed by atoms with Crippen LogP contribution in [0.2, 0.25) is 0 Å². The van der Waals surface area contributed by atoms with Crippen molar-refractivity contribution in [3.05, 3.63) is 46.7 Å². The fourth-order valence-corrected chi connectivity index (χ4v) is 2.69. The number of carbonyl (C=O) groups is 1. The number of fused-ring (bicyclic) bond motifs is 1. The van der Waals surface area contributed by atoms with Crippen LogP contribution < -0.4 is 4.74 Å². The molecule has 0 unspecified atom stereocenters. The van der Waals surface area contributed by atoms with Crippen molar-refractivity contribution in [2.24, 2.45) is 0 Å². The summed E-state index contributed by atoms with van der Waals surface area (Å²) in [7, 11) is 0. The minimum absolute atomic E-state index is 0.216. The van der Waals surface area contributed by atoms with Crippen molar-refractivity contribution in [1.82, 2.24) is 5.16 Å². The Balaban J connectivity index is 1.94. The van der Waals surface area contributed by atoms with Gasteiger partial charge in [0.25, 0.3) is 0 Å². The Morgan fingerprint density at radius 1 is 1.33 bits per heavy atom. The summed E-state index contributed by atoms with van der Waals surface area (Å²) >= 11 is 3.38. The quantitative estimate of drug-likeness (QED) is 0.603. The second-order valence-electron chi connectivity index (χ2n) is 4.88. The van der Waals surface area contributed by atoms with Gasteiger partial charge < -0.3 is 14.0 Å². The van der Waals surface area contributed by atoms with Crippen molar-refractivity contribution in [3.63, 3.8) is 0 Å². The van der Waals surface area contributed by atoms with Crippen molar-refractivity contribution in [2.75, 3.05) is 13.2 Å². The van der Waals surface area contributed by atoms with Crippen LogP contribution in [0.4, 0.5) is 4.39 Å². The minimum Gasteiger partial charge on any atom is -0.481 e. The molecule has 0 saturated carbocycles. The molecule has 0 aliphatic heterocycles. The lowest BCUT2D eigenvalue weighted by atomic mass is 10.1. The van der Waals surface area contributed by atoms with Crippen LogP contribution in [0.1, 0.15) is 6.92 Å². The van der Waals surface area contributed by atoms with Gasteiger partial charge in [-0.05, 0) is 41.1 Å². The number of ether oxygens (including phenoxy) is 2. The normalized spacial score (nSPS) is 10.8. The van der Waals surface area contributed by atoms with Gasteiger partial charge in [-0.25, -0.2) is 9.18 Å². The van der Waals surface area contributed by atoms with E-state index in [9.17, 15) is 9.18 Å². The fourth-order valence-electron chi connectivity index (χ4n) is 2.24. The standard InChI is InChI=1S/C17H13BrFNO4/c1-2-22-16(21)9-23-15-8-14-11(7-12(15)18)17(20-24-14)10-5-3-4-6-13(10)19/h3-8H,2,9H2,1H3. The highest BCUT2D eigenvalue weighted by Gasteiger charge is 2.17. The molecule has 0 amide bonds. The summed E-state index contributed by atoms with van der Waals surface area (Å²) in [5.41, 5.74) is 1.18. The fraction of sp³-hybridized carbons (Fsp3) is 0.176. The predicted octanol–water partition coefficient (Wildman–Crippen LogP) is 4.34. The van der Waals surface area contributed by atoms with Crippen molar-refractivity contribution >= 4 is 32.9 Å². The van der Waals surface area contributed by atoms with Gasteiger partial charge in [0.05, 0.1) is 16.5 Å². The topological polar surface area (TPSA) is 61.6 Å². The van der Waals surface area contributed by atoms with Gasteiger partial charge in [-0.15, -0.1) is 0 Å². The number of hydrogen-bond donors (Lipinski definition) is 0. The van der Waals surface area contributed by atoms with Gasteiger partial charge in [-0.1, -0.05) is 17.3 Å². The molecule has 0 fully saturated rings. The van der Waals surface area contributed by atoms with Crippen molar-refractivity contribution in [2.45, 2.75) is 6.92 Å². The average Bonchev–Trinajstić information content (AvgIpc) is 2.96. The van der Waals surface area contributed by atoms with E-state index in [0.717, 1.165) is 0 Å². The van der Waals surface area contributed by atoms with E-state index >= 15 is 0 Å². The van der Waals surface area contributed by atoms with Crippen molar-refractivity contribution in [3.8, 4) is 17.0 Å². The summed E-state index contributed by atoms with van der Waals surface area (Å²) in [5, 5.41) is 4.58. The average molecular weight is 394 g/mol. The Morgan fingerprint density at radius 2 is 2.12 bits per heavy atom. The largest absolute Gasteiger partial charge is 0.481 e. The van der Waals surface area contributed by atoms with Crippen molar-refractivity contribution < 1.29 is 23.2 Å². The number of carbonyl (C=O) groups excluding carboxylic acids is 1. The summed E-state index contributed by atoms with van der Waals surface area (Å²) in [6, 6.07) is 9.64. The third kappa shape index (κ3) is 3.26. The number of aromatic nitrogens is 1. The van der Waals surface area contributed by atoms with E-state index in [2.05, 4.69) is 21.1 Å². The van der Waals surface area contributed by atoms with Gasteiger partial charge in [0.15, 0.2) is 12.2 Å². The Labute approximate surface area is 145 Å². The molecule has 1 aromatic heterocycles. The lowest BCUT2D eigenvalue weighted by molar-refractivity contribution is -0.145. The highest BCUT2D eigenvalue weighted by Crippen LogP contribution is 2.36. The number of esters is 1. The zero-order valence-corrected chi connectivity index (χ0v) is 14.3. The zero-order chi connectivity index (χ0) is 17.1. The maximum absolute atomic E-state index is 14.0. The third-order valence-corrected chi connectivity index (χ3v) is 3.92. The smallest absolute Gasteiger partial charge is 0.344 e. The first kappa shape index (κ1) is 16.4. The van der Waals surface area contributed by atoms with Crippen LogP contribution in [0.25, 0.3) is 22.2 Å². The van der Waals surface area contributed by atoms with Crippen LogP contribution in [-0.4, -0.2) is 24.3 Å². The van der Waals surface area contributed by atoms with Gasteiger partial charge in [-0.3, -0.25) is 0 Å². The molecule has 2 aromatic carbocycles. The second-order valence-corrected chi connectivity index (χ2v) is 5.74. The minimum atomic E-state index is -0.464. The second kappa shape index (κ2) is 7.00. The molecule has 0 aliphatic rings. The van der Waals surface area contributed by atoms with Crippen LogP contribution in [0.5, 0.6) is 5.75 Å². The van der Waals surface area contributed by atoms with E-state index in [4.69, 9.17) is 14.0 Å². The molecule has 0 spiro atoms. The first-order valence-corrected chi connectivity index (χ1v) is 8.01. The highest BCUT2D eigenvalue weighted by molar-refractivity contribution is 9.10. The molecule has 124 valence electrons. The molecule has 24 heavy (non-hydrogen) atoms. The summed E-state index contributed by atoms with van der Waals surface area (Å²) in [6.45, 7) is 1.79. The number of rotatable bonds is 5. The van der Waals surface area contributed by atoms with E-state index in [1.807, 2.05) is 0 Å². The van der Waals surface area contributed by atoms with Crippen LogP contribution in [0.3, 0.4) is 0 Å². The maximum Gasteiger partial charge on any atom is 0.344 e. The van der Waals surface area contributed by atoms with Gasteiger partial charge in [-0.2, -0.15) is 0 Å². The molecule has 5 nitrogen and oxygen atoms in total. The number of hydrogen-bond acceptors (Lipinski definition) is 5. The molecular weight excluding hydrogens is 381 g/mol. The summed E-state index contributed by atoms with van der Waals surface area (Å²) in [5.74, 6) is -0.438. The van der Waals surface area contributed by atoms with E-state index in [1.165, 1.54) is 6.07 Å². The molecule has 7 heteroatoms. The Bertz CT molecular complexity index is 893. The molecule has 0 radical (unpaired) electrons. The van der Waals surface area contributed by atoms with E-state index in [-0.39, 0.29) is 19.0 Å². The SMILES string of the molecule is CCOC(=O)COc1cc2onc(-c3ccccc3F)c2cc1Br. The summed E-state index contributed by atoms with van der Waals surface area (Å²) in [6.07, 6.45) is 0. The molecule has 3 rings (SSSR count). The van der Waals surface area contributed by atoms with E-state index < -0.39 is 5.97 Å². The molecule has 0 aliphatic carbocycles.